The van der Waals surface area contributed by atoms with E-state index in [2.05, 4.69) is 6.92 Å². The Hall–Kier alpha value is -0.330. The maximum absolute atomic E-state index is 12.1. The smallest absolute Gasteiger partial charge is 0.135 e. The molecule has 0 aliphatic heterocycles. The summed E-state index contributed by atoms with van der Waals surface area (Å²) in [5.41, 5.74) is 0. The van der Waals surface area contributed by atoms with E-state index in [9.17, 15) is 4.79 Å². The molecule has 1 aliphatic carbocycles. The molecular weight excluding hydrogens is 208 g/mol. The number of carbonyl (C=O) groups is 1. The van der Waals surface area contributed by atoms with Gasteiger partial charge in [-0.2, -0.15) is 0 Å². The summed E-state index contributed by atoms with van der Waals surface area (Å²) >= 11 is 0. The van der Waals surface area contributed by atoms with Crippen LogP contribution < -0.4 is 0 Å². The molecule has 0 spiro atoms. The van der Waals surface area contributed by atoms with Crippen LogP contribution in [0.4, 0.5) is 0 Å². The van der Waals surface area contributed by atoms with E-state index in [0.29, 0.717) is 11.7 Å². The third-order valence-electron chi connectivity index (χ3n) is 4.09. The minimum atomic E-state index is 0.418. The molecule has 100 valence electrons. The van der Waals surface area contributed by atoms with Crippen LogP contribution >= 0.6 is 0 Å². The maximum Gasteiger partial charge on any atom is 0.135 e. The van der Waals surface area contributed by atoms with Crippen LogP contribution in [-0.4, -0.2) is 5.78 Å². The average Bonchev–Trinajstić information content (AvgIpc) is 2.28. The van der Waals surface area contributed by atoms with E-state index < -0.39 is 0 Å². The van der Waals surface area contributed by atoms with Gasteiger partial charge < -0.3 is 0 Å². The minimum absolute atomic E-state index is 0.418. The van der Waals surface area contributed by atoms with Crippen molar-refractivity contribution in [2.24, 2.45) is 5.92 Å². The van der Waals surface area contributed by atoms with Crippen molar-refractivity contribution in [1.29, 1.82) is 0 Å². The first-order valence-electron chi connectivity index (χ1n) is 7.87. The molecule has 17 heavy (non-hydrogen) atoms. The number of hydrogen-bond donors (Lipinski definition) is 0. The second-order valence-electron chi connectivity index (χ2n) is 5.67. The van der Waals surface area contributed by atoms with Gasteiger partial charge in [-0.25, -0.2) is 0 Å². The van der Waals surface area contributed by atoms with Gasteiger partial charge >= 0.3 is 0 Å². The summed E-state index contributed by atoms with van der Waals surface area (Å²) in [6.07, 6.45) is 16.2. The number of carbonyl (C=O) groups excluding carboxylic acids is 1. The molecule has 1 rings (SSSR count). The molecule has 1 heteroatoms. The second-order valence-corrected chi connectivity index (χ2v) is 5.67. The molecule has 0 bridgehead atoms. The minimum Gasteiger partial charge on any atom is -0.299 e. The van der Waals surface area contributed by atoms with Crippen LogP contribution in [0.25, 0.3) is 0 Å². The molecule has 0 atom stereocenters. The zero-order valence-electron chi connectivity index (χ0n) is 11.7. The molecule has 1 saturated carbocycles. The summed E-state index contributed by atoms with van der Waals surface area (Å²) in [5, 5.41) is 0. The first-order valence-corrected chi connectivity index (χ1v) is 7.87. The van der Waals surface area contributed by atoms with Gasteiger partial charge in [-0.15, -0.1) is 0 Å². The van der Waals surface area contributed by atoms with E-state index in [1.54, 1.807) is 0 Å². The van der Waals surface area contributed by atoms with E-state index in [1.165, 1.54) is 70.6 Å². The van der Waals surface area contributed by atoms with Crippen molar-refractivity contribution in [1.82, 2.24) is 0 Å². The Morgan fingerprint density at radius 2 is 1.47 bits per heavy atom. The molecule has 0 aromatic heterocycles. The first-order chi connectivity index (χ1) is 8.34. The predicted octanol–water partition coefficient (Wildman–Crippen LogP) is 5.28. The first kappa shape index (κ1) is 14.7. The maximum atomic E-state index is 12.1. The van der Waals surface area contributed by atoms with Gasteiger partial charge in [0.25, 0.3) is 0 Å². The summed E-state index contributed by atoms with van der Waals surface area (Å²) < 4.78 is 0. The monoisotopic (exact) mass is 238 g/mol. The van der Waals surface area contributed by atoms with E-state index in [1.807, 2.05) is 0 Å². The van der Waals surface area contributed by atoms with Crippen molar-refractivity contribution >= 4 is 5.78 Å². The molecule has 1 fully saturated rings. The van der Waals surface area contributed by atoms with Crippen LogP contribution in [0.1, 0.15) is 90.4 Å². The second kappa shape index (κ2) is 9.67. The highest BCUT2D eigenvalue weighted by Gasteiger charge is 2.18. The summed E-state index contributed by atoms with van der Waals surface area (Å²) in [6, 6.07) is 0. The fraction of sp³-hybridized carbons (Fsp3) is 0.938. The van der Waals surface area contributed by atoms with E-state index >= 15 is 0 Å². The third-order valence-corrected chi connectivity index (χ3v) is 4.09. The van der Waals surface area contributed by atoms with Crippen molar-refractivity contribution in [3.63, 3.8) is 0 Å². The van der Waals surface area contributed by atoms with Gasteiger partial charge in [-0.05, 0) is 19.3 Å². The molecule has 0 unspecified atom stereocenters. The Morgan fingerprint density at radius 1 is 0.882 bits per heavy atom. The third kappa shape index (κ3) is 6.85. The van der Waals surface area contributed by atoms with Gasteiger partial charge in [-0.1, -0.05) is 64.7 Å². The van der Waals surface area contributed by atoms with Gasteiger partial charge in [0, 0.05) is 12.3 Å². The highest BCUT2D eigenvalue weighted by molar-refractivity contribution is 5.80. The van der Waals surface area contributed by atoms with Gasteiger partial charge in [0.2, 0.25) is 0 Å². The Balaban J connectivity index is 2.11. The number of rotatable bonds is 7. The Bertz CT molecular complexity index is 190. The van der Waals surface area contributed by atoms with E-state index in [0.717, 1.165) is 12.8 Å². The lowest BCUT2D eigenvalue weighted by atomic mass is 9.86. The molecule has 0 N–H and O–H groups in total. The van der Waals surface area contributed by atoms with E-state index in [4.69, 9.17) is 0 Å². The van der Waals surface area contributed by atoms with Crippen LogP contribution in [0.2, 0.25) is 0 Å². The summed E-state index contributed by atoms with van der Waals surface area (Å²) in [5.74, 6) is 0.991. The van der Waals surface area contributed by atoms with Crippen LogP contribution in [0.3, 0.4) is 0 Å². The van der Waals surface area contributed by atoms with Gasteiger partial charge in [0.05, 0.1) is 0 Å². The average molecular weight is 238 g/mol. The summed E-state index contributed by atoms with van der Waals surface area (Å²) in [4.78, 5) is 12.1. The van der Waals surface area contributed by atoms with Crippen molar-refractivity contribution in [3.05, 3.63) is 0 Å². The lowest BCUT2D eigenvalue weighted by Gasteiger charge is -2.18. The van der Waals surface area contributed by atoms with Crippen LogP contribution in [-0.2, 0) is 4.79 Å². The summed E-state index contributed by atoms with van der Waals surface area (Å²) in [7, 11) is 0. The topological polar surface area (TPSA) is 17.1 Å². The number of Topliss-reactive ketones (excluding diaryl/α,β-unsaturated/α-hetero) is 1. The van der Waals surface area contributed by atoms with Crippen LogP contribution in [0, 0.1) is 5.92 Å². The Labute approximate surface area is 107 Å². The number of ketones is 1. The molecule has 1 nitrogen and oxygen atoms in total. The highest BCUT2D eigenvalue weighted by atomic mass is 16.1. The van der Waals surface area contributed by atoms with E-state index in [-0.39, 0.29) is 0 Å². The molecule has 0 aromatic rings. The molecule has 0 saturated heterocycles. The number of unbranched alkanes of at least 4 members (excludes halogenated alkanes) is 4. The molecule has 1 aliphatic rings. The lowest BCUT2D eigenvalue weighted by molar-refractivity contribution is -0.123. The Morgan fingerprint density at radius 3 is 2.12 bits per heavy atom. The largest absolute Gasteiger partial charge is 0.299 e. The van der Waals surface area contributed by atoms with Crippen molar-refractivity contribution in [2.75, 3.05) is 0 Å². The SMILES string of the molecule is CCCCCCCC(=O)C1CCCCCCC1. The fourth-order valence-corrected chi connectivity index (χ4v) is 2.89. The molecule has 0 heterocycles. The lowest BCUT2D eigenvalue weighted by Crippen LogP contribution is -2.15. The standard InChI is InChI=1S/C16H30O/c1-2-3-4-6-11-14-16(17)15-12-9-7-5-8-10-13-15/h15H,2-14H2,1H3. The zero-order valence-corrected chi connectivity index (χ0v) is 11.7. The van der Waals surface area contributed by atoms with Crippen molar-refractivity contribution in [2.45, 2.75) is 90.4 Å². The van der Waals surface area contributed by atoms with Crippen molar-refractivity contribution < 1.29 is 4.79 Å². The molecule has 0 aromatic carbocycles. The normalized spacial score (nSPS) is 18.6. The Kier molecular flexibility index (Phi) is 8.38. The van der Waals surface area contributed by atoms with Gasteiger partial charge in [0.15, 0.2) is 0 Å². The predicted molar refractivity (Wildman–Crippen MR) is 74.2 cm³/mol. The molecule has 0 amide bonds. The zero-order chi connectivity index (χ0) is 12.3. The van der Waals surface area contributed by atoms with Gasteiger partial charge in [0.1, 0.15) is 5.78 Å². The fourth-order valence-electron chi connectivity index (χ4n) is 2.89. The van der Waals surface area contributed by atoms with Gasteiger partial charge in [-0.3, -0.25) is 4.79 Å². The van der Waals surface area contributed by atoms with Crippen LogP contribution in [0.5, 0.6) is 0 Å². The quantitative estimate of drug-likeness (QED) is 0.552. The van der Waals surface area contributed by atoms with Crippen molar-refractivity contribution in [3.8, 4) is 0 Å². The molecule has 0 radical (unpaired) electrons. The summed E-state index contributed by atoms with van der Waals surface area (Å²) in [6.45, 7) is 2.24. The number of hydrogen-bond acceptors (Lipinski definition) is 1. The van der Waals surface area contributed by atoms with Crippen LogP contribution in [0.15, 0.2) is 0 Å². The highest BCUT2D eigenvalue weighted by Crippen LogP contribution is 2.24. The molecular formula is C16H30O.